The van der Waals surface area contributed by atoms with Crippen molar-refractivity contribution in [3.8, 4) is 5.75 Å². The summed E-state index contributed by atoms with van der Waals surface area (Å²) in [6, 6.07) is 15.0. The summed E-state index contributed by atoms with van der Waals surface area (Å²) >= 11 is 3.36. The van der Waals surface area contributed by atoms with Crippen LogP contribution in [0.3, 0.4) is 0 Å². The Morgan fingerprint density at radius 3 is 2.50 bits per heavy atom. The fourth-order valence-electron chi connectivity index (χ4n) is 1.63. The van der Waals surface area contributed by atoms with Crippen LogP contribution in [0, 0.1) is 6.92 Å². The van der Waals surface area contributed by atoms with Gasteiger partial charge in [-0.3, -0.25) is 4.79 Å². The minimum absolute atomic E-state index is 0.0364. The Kier molecular flexibility index (Phi) is 4.15. The molecule has 18 heavy (non-hydrogen) atoms. The second-order valence-corrected chi connectivity index (χ2v) is 4.81. The molecule has 0 unspecified atom stereocenters. The largest absolute Gasteiger partial charge is 0.485 e. The fourth-order valence-corrected chi connectivity index (χ4v) is 2.13. The minimum Gasteiger partial charge on any atom is -0.485 e. The molecule has 2 nitrogen and oxygen atoms in total. The van der Waals surface area contributed by atoms with Crippen molar-refractivity contribution in [2.24, 2.45) is 0 Å². The van der Waals surface area contributed by atoms with Crippen LogP contribution in [0.4, 0.5) is 0 Å². The van der Waals surface area contributed by atoms with Gasteiger partial charge in [-0.25, -0.2) is 0 Å². The summed E-state index contributed by atoms with van der Waals surface area (Å²) in [5, 5.41) is 0. The third-order valence-electron chi connectivity index (χ3n) is 2.63. The molecule has 92 valence electrons. The van der Waals surface area contributed by atoms with E-state index in [0.29, 0.717) is 5.56 Å². The normalized spacial score (nSPS) is 10.1. The predicted molar refractivity (Wildman–Crippen MR) is 75.1 cm³/mol. The number of Topliss-reactive ketones (excluding diaryl/α,β-unsaturated/α-hetero) is 1. The Hall–Kier alpha value is -1.61. The molecule has 0 saturated carbocycles. The highest BCUT2D eigenvalue weighted by Gasteiger charge is 2.10. The maximum atomic E-state index is 12.0. The lowest BCUT2D eigenvalue weighted by Crippen LogP contribution is -2.12. The highest BCUT2D eigenvalue weighted by atomic mass is 79.9. The van der Waals surface area contributed by atoms with Crippen molar-refractivity contribution in [2.75, 3.05) is 6.61 Å². The van der Waals surface area contributed by atoms with Crippen LogP contribution in [0.2, 0.25) is 0 Å². The molecule has 0 atom stereocenters. The lowest BCUT2D eigenvalue weighted by atomic mass is 10.1. The van der Waals surface area contributed by atoms with Crippen LogP contribution in [0.15, 0.2) is 53.0 Å². The highest BCUT2D eigenvalue weighted by molar-refractivity contribution is 9.10. The van der Waals surface area contributed by atoms with Crippen molar-refractivity contribution >= 4 is 21.7 Å². The van der Waals surface area contributed by atoms with Crippen LogP contribution in [0.5, 0.6) is 5.75 Å². The van der Waals surface area contributed by atoms with Gasteiger partial charge < -0.3 is 4.74 Å². The molecule has 0 fully saturated rings. The van der Waals surface area contributed by atoms with Crippen molar-refractivity contribution in [2.45, 2.75) is 6.92 Å². The average molecular weight is 305 g/mol. The zero-order valence-corrected chi connectivity index (χ0v) is 11.6. The number of hydrogen-bond acceptors (Lipinski definition) is 2. The first-order valence-corrected chi connectivity index (χ1v) is 6.44. The summed E-state index contributed by atoms with van der Waals surface area (Å²) in [6.07, 6.45) is 0. The van der Waals surface area contributed by atoms with Gasteiger partial charge in [0.05, 0.1) is 0 Å². The minimum atomic E-state index is -0.0364. The number of halogens is 1. The van der Waals surface area contributed by atoms with E-state index in [2.05, 4.69) is 15.9 Å². The van der Waals surface area contributed by atoms with E-state index in [0.717, 1.165) is 15.8 Å². The Balaban J connectivity index is 2.06. The van der Waals surface area contributed by atoms with E-state index < -0.39 is 0 Å². The standard InChI is InChI=1S/C15H13BrO2/c1-11-6-2-5-9-15(11)18-10-14(17)12-7-3-4-8-13(12)16/h2-9H,10H2,1H3. The Morgan fingerprint density at radius 2 is 1.78 bits per heavy atom. The van der Waals surface area contributed by atoms with E-state index in [1.165, 1.54) is 0 Å². The Bertz CT molecular complexity index is 564. The van der Waals surface area contributed by atoms with Gasteiger partial charge in [-0.2, -0.15) is 0 Å². The number of para-hydroxylation sites is 1. The Labute approximate surface area is 115 Å². The van der Waals surface area contributed by atoms with Gasteiger partial charge in [-0.05, 0) is 24.6 Å². The summed E-state index contributed by atoms with van der Waals surface area (Å²) in [7, 11) is 0. The summed E-state index contributed by atoms with van der Waals surface area (Å²) in [6.45, 7) is 2.01. The van der Waals surface area contributed by atoms with Gasteiger partial charge in [-0.15, -0.1) is 0 Å². The summed E-state index contributed by atoms with van der Waals surface area (Å²) in [4.78, 5) is 12.0. The van der Waals surface area contributed by atoms with Gasteiger partial charge in [0.25, 0.3) is 0 Å². The van der Waals surface area contributed by atoms with Crippen LogP contribution in [-0.4, -0.2) is 12.4 Å². The predicted octanol–water partition coefficient (Wildman–Crippen LogP) is 4.02. The number of carbonyl (C=O) groups is 1. The van der Waals surface area contributed by atoms with Gasteiger partial charge in [0.15, 0.2) is 6.61 Å². The van der Waals surface area contributed by atoms with Crippen LogP contribution >= 0.6 is 15.9 Å². The number of hydrogen-bond donors (Lipinski definition) is 0. The molecule has 2 aromatic carbocycles. The molecule has 0 bridgehead atoms. The number of ether oxygens (including phenoxy) is 1. The second-order valence-electron chi connectivity index (χ2n) is 3.96. The molecule has 0 spiro atoms. The SMILES string of the molecule is Cc1ccccc1OCC(=O)c1ccccc1Br. The van der Waals surface area contributed by atoms with Crippen LogP contribution in [0.1, 0.15) is 15.9 Å². The van der Waals surface area contributed by atoms with Gasteiger partial charge >= 0.3 is 0 Å². The second kappa shape index (κ2) is 5.83. The first-order valence-electron chi connectivity index (χ1n) is 5.64. The zero-order valence-electron chi connectivity index (χ0n) is 10.0. The van der Waals surface area contributed by atoms with Crippen molar-refractivity contribution in [3.05, 3.63) is 64.1 Å². The average Bonchev–Trinajstić information content (AvgIpc) is 2.38. The van der Waals surface area contributed by atoms with Crippen molar-refractivity contribution in [1.29, 1.82) is 0 Å². The van der Waals surface area contributed by atoms with Crippen molar-refractivity contribution in [1.82, 2.24) is 0 Å². The highest BCUT2D eigenvalue weighted by Crippen LogP contribution is 2.19. The van der Waals surface area contributed by atoms with Crippen LogP contribution in [-0.2, 0) is 0 Å². The summed E-state index contributed by atoms with van der Waals surface area (Å²) in [5.41, 5.74) is 1.67. The van der Waals surface area contributed by atoms with Gasteiger partial charge in [-0.1, -0.05) is 52.3 Å². The quantitative estimate of drug-likeness (QED) is 0.798. The molecule has 0 aromatic heterocycles. The fraction of sp³-hybridized carbons (Fsp3) is 0.133. The summed E-state index contributed by atoms with van der Waals surface area (Å²) < 4.78 is 6.33. The Morgan fingerprint density at radius 1 is 1.11 bits per heavy atom. The van der Waals surface area contributed by atoms with Gasteiger partial charge in [0.1, 0.15) is 5.75 Å². The number of rotatable bonds is 4. The van der Waals surface area contributed by atoms with Crippen LogP contribution in [0.25, 0.3) is 0 Å². The number of carbonyl (C=O) groups excluding carboxylic acids is 1. The zero-order chi connectivity index (χ0) is 13.0. The molecule has 0 saturated heterocycles. The van der Waals surface area contributed by atoms with E-state index in [1.54, 1.807) is 6.07 Å². The number of ketones is 1. The molecule has 2 aromatic rings. The number of benzene rings is 2. The smallest absolute Gasteiger partial charge is 0.201 e. The van der Waals surface area contributed by atoms with E-state index in [4.69, 9.17) is 4.74 Å². The maximum absolute atomic E-state index is 12.0. The van der Waals surface area contributed by atoms with Crippen molar-refractivity contribution < 1.29 is 9.53 Å². The molecular formula is C15H13BrO2. The molecule has 0 aliphatic heterocycles. The lowest BCUT2D eigenvalue weighted by molar-refractivity contribution is 0.0920. The molecular weight excluding hydrogens is 292 g/mol. The first-order chi connectivity index (χ1) is 8.68. The maximum Gasteiger partial charge on any atom is 0.201 e. The third kappa shape index (κ3) is 2.99. The molecule has 0 radical (unpaired) electrons. The topological polar surface area (TPSA) is 26.3 Å². The molecule has 0 aliphatic carbocycles. The summed E-state index contributed by atoms with van der Waals surface area (Å²) in [5.74, 6) is 0.712. The number of aryl methyl sites for hydroxylation is 1. The monoisotopic (exact) mass is 304 g/mol. The van der Waals surface area contributed by atoms with E-state index in [-0.39, 0.29) is 12.4 Å². The first kappa shape index (κ1) is 12.8. The van der Waals surface area contributed by atoms with Crippen LogP contribution < -0.4 is 4.74 Å². The van der Waals surface area contributed by atoms with Gasteiger partial charge in [0, 0.05) is 10.0 Å². The molecule has 0 aliphatic rings. The molecule has 3 heteroatoms. The molecule has 0 heterocycles. The van der Waals surface area contributed by atoms with E-state index >= 15 is 0 Å². The van der Waals surface area contributed by atoms with Gasteiger partial charge in [0.2, 0.25) is 5.78 Å². The molecule has 0 N–H and O–H groups in total. The molecule has 0 amide bonds. The van der Waals surface area contributed by atoms with E-state index in [1.807, 2.05) is 49.4 Å². The molecule has 2 rings (SSSR count). The van der Waals surface area contributed by atoms with E-state index in [9.17, 15) is 4.79 Å². The third-order valence-corrected chi connectivity index (χ3v) is 3.32. The van der Waals surface area contributed by atoms with Crippen molar-refractivity contribution in [3.63, 3.8) is 0 Å². The lowest BCUT2D eigenvalue weighted by Gasteiger charge is -2.08.